The lowest BCUT2D eigenvalue weighted by molar-refractivity contribution is 0.669. The number of hydrogen-bond acceptors (Lipinski definition) is 3. The van der Waals surface area contributed by atoms with Gasteiger partial charge in [0.1, 0.15) is 22.3 Å². The quantitative estimate of drug-likeness (QED) is 0.170. The van der Waals surface area contributed by atoms with Crippen LogP contribution in [0.15, 0.2) is 215 Å². The van der Waals surface area contributed by atoms with Crippen molar-refractivity contribution in [3.8, 4) is 27.9 Å². The van der Waals surface area contributed by atoms with E-state index in [2.05, 4.69) is 204 Å². The van der Waals surface area contributed by atoms with Crippen molar-refractivity contribution in [3.63, 3.8) is 0 Å². The molecule has 12 aromatic rings. The monoisotopic (exact) mass is 742 g/mol. The minimum Gasteiger partial charge on any atom is -0.456 e. The van der Waals surface area contributed by atoms with Crippen LogP contribution in [0.4, 0.5) is 17.1 Å². The molecular formula is C54H34N2O2. The van der Waals surface area contributed by atoms with Gasteiger partial charge in [0.05, 0.1) is 22.1 Å². The van der Waals surface area contributed by atoms with E-state index in [-0.39, 0.29) is 0 Å². The highest BCUT2D eigenvalue weighted by Crippen LogP contribution is 2.48. The Labute approximate surface area is 334 Å². The normalized spacial score (nSPS) is 11.8. The standard InChI is InChI=1S/C54H34N2O2/c1-4-14-35(15-5-1)37-24-27-43-44-28-25-40(34-52(44)57-51(43)32-37)55(39-26-30-48-46(33-39)42-20-10-12-22-47(42)56(48)38-18-8-3-9-19-38)49-31-29-41(36-16-6-2-7-17-36)54-53(49)45-21-11-13-23-50(45)58-54/h1-34H. The highest BCUT2D eigenvalue weighted by Gasteiger charge is 2.24. The summed E-state index contributed by atoms with van der Waals surface area (Å²) in [6.07, 6.45) is 0. The molecule has 3 aromatic heterocycles. The fourth-order valence-corrected chi connectivity index (χ4v) is 8.94. The van der Waals surface area contributed by atoms with Crippen molar-refractivity contribution in [2.75, 3.05) is 4.90 Å². The largest absolute Gasteiger partial charge is 0.456 e. The molecule has 4 nitrogen and oxygen atoms in total. The molecule has 0 atom stereocenters. The molecule has 9 aromatic carbocycles. The predicted molar refractivity (Wildman–Crippen MR) is 241 cm³/mol. The highest BCUT2D eigenvalue weighted by atomic mass is 16.3. The zero-order valence-electron chi connectivity index (χ0n) is 31.3. The summed E-state index contributed by atoms with van der Waals surface area (Å²) in [6, 6.07) is 73.1. The number of para-hydroxylation sites is 3. The Bertz CT molecular complexity index is 3500. The molecule has 0 saturated heterocycles. The van der Waals surface area contributed by atoms with Crippen molar-refractivity contribution in [3.05, 3.63) is 206 Å². The molecule has 0 aliphatic rings. The number of fused-ring (bicyclic) bond motifs is 9. The number of nitrogens with zero attached hydrogens (tertiary/aromatic N) is 2. The smallest absolute Gasteiger partial charge is 0.145 e. The van der Waals surface area contributed by atoms with E-state index >= 15 is 0 Å². The molecule has 272 valence electrons. The molecule has 0 amide bonds. The molecule has 0 fully saturated rings. The van der Waals surface area contributed by atoms with Crippen LogP contribution in [-0.2, 0) is 0 Å². The Morgan fingerprint density at radius 3 is 1.79 bits per heavy atom. The molecule has 58 heavy (non-hydrogen) atoms. The summed E-state index contributed by atoms with van der Waals surface area (Å²) in [5.41, 5.74) is 14.4. The van der Waals surface area contributed by atoms with E-state index in [1.165, 1.54) is 16.3 Å². The summed E-state index contributed by atoms with van der Waals surface area (Å²) in [5.74, 6) is 0. The summed E-state index contributed by atoms with van der Waals surface area (Å²) < 4.78 is 15.9. The molecule has 3 heterocycles. The maximum atomic E-state index is 6.79. The highest BCUT2D eigenvalue weighted by molar-refractivity contribution is 6.18. The van der Waals surface area contributed by atoms with Gasteiger partial charge in [-0.25, -0.2) is 0 Å². The molecular weight excluding hydrogens is 709 g/mol. The van der Waals surface area contributed by atoms with Crippen LogP contribution in [0.5, 0.6) is 0 Å². The van der Waals surface area contributed by atoms with Gasteiger partial charge in [0.25, 0.3) is 0 Å². The van der Waals surface area contributed by atoms with Gasteiger partial charge in [0.15, 0.2) is 0 Å². The second-order valence-corrected chi connectivity index (χ2v) is 14.9. The number of benzene rings is 9. The van der Waals surface area contributed by atoms with Gasteiger partial charge in [0.2, 0.25) is 0 Å². The average molecular weight is 743 g/mol. The van der Waals surface area contributed by atoms with Crippen LogP contribution in [0, 0.1) is 0 Å². The average Bonchev–Trinajstić information content (AvgIpc) is 3.97. The Morgan fingerprint density at radius 1 is 0.362 bits per heavy atom. The van der Waals surface area contributed by atoms with Crippen LogP contribution < -0.4 is 4.90 Å². The van der Waals surface area contributed by atoms with E-state index in [4.69, 9.17) is 8.83 Å². The first kappa shape index (κ1) is 32.4. The first-order valence-electron chi connectivity index (χ1n) is 19.7. The molecule has 0 saturated carbocycles. The maximum Gasteiger partial charge on any atom is 0.145 e. The fourth-order valence-electron chi connectivity index (χ4n) is 8.94. The van der Waals surface area contributed by atoms with Crippen LogP contribution in [-0.4, -0.2) is 4.57 Å². The van der Waals surface area contributed by atoms with E-state index in [0.29, 0.717) is 0 Å². The van der Waals surface area contributed by atoms with E-state index in [1.54, 1.807) is 0 Å². The molecule has 0 aliphatic carbocycles. The Morgan fingerprint density at radius 2 is 0.983 bits per heavy atom. The second-order valence-electron chi connectivity index (χ2n) is 14.9. The minimum absolute atomic E-state index is 0.832. The van der Waals surface area contributed by atoms with Crippen LogP contribution >= 0.6 is 0 Å². The van der Waals surface area contributed by atoms with E-state index in [9.17, 15) is 0 Å². The number of hydrogen-bond donors (Lipinski definition) is 0. The summed E-state index contributed by atoms with van der Waals surface area (Å²) in [6.45, 7) is 0. The number of anilines is 3. The summed E-state index contributed by atoms with van der Waals surface area (Å²) in [5, 5.41) is 6.67. The predicted octanol–water partition coefficient (Wildman–Crippen LogP) is 15.4. The van der Waals surface area contributed by atoms with E-state index < -0.39 is 0 Å². The van der Waals surface area contributed by atoms with Crippen molar-refractivity contribution in [2.45, 2.75) is 0 Å². The van der Waals surface area contributed by atoms with Crippen LogP contribution in [0.1, 0.15) is 0 Å². The van der Waals surface area contributed by atoms with E-state index in [1.807, 2.05) is 12.1 Å². The zero-order valence-corrected chi connectivity index (χ0v) is 31.3. The van der Waals surface area contributed by atoms with E-state index in [0.717, 1.165) is 94.4 Å². The Hall–Kier alpha value is -7.82. The lowest BCUT2D eigenvalue weighted by Gasteiger charge is -2.27. The minimum atomic E-state index is 0.832. The van der Waals surface area contributed by atoms with Crippen molar-refractivity contribution in [1.29, 1.82) is 0 Å². The third-order valence-electron chi connectivity index (χ3n) is 11.6. The van der Waals surface area contributed by atoms with Gasteiger partial charge < -0.3 is 18.3 Å². The van der Waals surface area contributed by atoms with Gasteiger partial charge in [-0.3, -0.25) is 0 Å². The van der Waals surface area contributed by atoms with Crippen LogP contribution in [0.3, 0.4) is 0 Å². The maximum absolute atomic E-state index is 6.79. The van der Waals surface area contributed by atoms with Crippen molar-refractivity contribution < 1.29 is 8.83 Å². The first-order chi connectivity index (χ1) is 28.8. The number of rotatable bonds is 6. The molecule has 0 radical (unpaired) electrons. The first-order valence-corrected chi connectivity index (χ1v) is 19.7. The summed E-state index contributed by atoms with van der Waals surface area (Å²) >= 11 is 0. The Balaban J connectivity index is 1.13. The van der Waals surface area contributed by atoms with Gasteiger partial charge in [-0.2, -0.15) is 0 Å². The van der Waals surface area contributed by atoms with Gasteiger partial charge in [-0.05, 0) is 95.6 Å². The van der Waals surface area contributed by atoms with Gasteiger partial charge in [-0.15, -0.1) is 0 Å². The van der Waals surface area contributed by atoms with Gasteiger partial charge >= 0.3 is 0 Å². The third-order valence-corrected chi connectivity index (χ3v) is 11.6. The summed E-state index contributed by atoms with van der Waals surface area (Å²) in [7, 11) is 0. The lowest BCUT2D eigenvalue weighted by Crippen LogP contribution is -2.10. The fraction of sp³-hybridized carbons (Fsp3) is 0. The van der Waals surface area contributed by atoms with Crippen LogP contribution in [0.25, 0.3) is 93.6 Å². The Kier molecular flexibility index (Phi) is 7.20. The molecule has 0 bridgehead atoms. The molecule has 0 aliphatic heterocycles. The topological polar surface area (TPSA) is 34.5 Å². The molecule has 0 unspecified atom stereocenters. The van der Waals surface area contributed by atoms with Crippen molar-refractivity contribution in [2.24, 2.45) is 0 Å². The SMILES string of the molecule is c1ccc(-c2ccc3c(c2)oc2cc(N(c4ccc5c(c4)c4ccccc4n5-c4ccccc4)c4ccc(-c5ccccc5)c5oc6ccccc6c45)ccc23)cc1. The molecule has 12 rings (SSSR count). The van der Waals surface area contributed by atoms with Crippen LogP contribution in [0.2, 0.25) is 0 Å². The van der Waals surface area contributed by atoms with Gasteiger partial charge in [-0.1, -0.05) is 121 Å². The lowest BCUT2D eigenvalue weighted by atomic mass is 9.99. The molecule has 0 spiro atoms. The summed E-state index contributed by atoms with van der Waals surface area (Å²) in [4.78, 5) is 2.37. The van der Waals surface area contributed by atoms with Crippen molar-refractivity contribution >= 4 is 82.7 Å². The second kappa shape index (κ2) is 12.9. The third kappa shape index (κ3) is 5.02. The van der Waals surface area contributed by atoms with Gasteiger partial charge in [0, 0.05) is 55.6 Å². The zero-order chi connectivity index (χ0) is 38.2. The van der Waals surface area contributed by atoms with Crippen molar-refractivity contribution in [1.82, 2.24) is 4.57 Å². The number of aromatic nitrogens is 1. The molecule has 0 N–H and O–H groups in total. The number of furan rings is 2. The molecule has 4 heteroatoms.